The summed E-state index contributed by atoms with van der Waals surface area (Å²) in [6.45, 7) is 1.31. The van der Waals surface area contributed by atoms with Gasteiger partial charge in [0, 0.05) is 26.3 Å². The first-order valence-electron chi connectivity index (χ1n) is 9.31. The lowest BCUT2D eigenvalue weighted by Gasteiger charge is -2.21. The van der Waals surface area contributed by atoms with Crippen LogP contribution >= 0.6 is 0 Å². The minimum Gasteiger partial charge on any atom is -0.388 e. The molecule has 2 aromatic rings. The summed E-state index contributed by atoms with van der Waals surface area (Å²) in [7, 11) is 3.53. The SMILES string of the molecule is CNCc1cn(C[C@@H]2O[C@@H](CC(=O)N(C)Cc3ccccc3)[C@H](O)[C@@H]2O)nn1. The standard InChI is InChI=1S/C19H27N5O4/c1-20-9-14-11-24(22-21-14)12-16-19(27)18(26)15(28-16)8-17(25)23(2)10-13-6-4-3-5-7-13/h3-7,11,15-16,18-20,26-27H,8-10,12H2,1-2H3/t15-,16-,18-,19+/m0/s1. The first kappa shape index (κ1) is 20.4. The summed E-state index contributed by atoms with van der Waals surface area (Å²) in [4.78, 5) is 14.1. The van der Waals surface area contributed by atoms with Crippen molar-refractivity contribution >= 4 is 5.91 Å². The molecule has 1 saturated heterocycles. The van der Waals surface area contributed by atoms with Crippen LogP contribution in [-0.4, -0.2) is 74.5 Å². The molecule has 0 unspecified atom stereocenters. The number of hydrogen-bond donors (Lipinski definition) is 3. The Morgan fingerprint density at radius 2 is 1.96 bits per heavy atom. The van der Waals surface area contributed by atoms with Crippen molar-refractivity contribution in [1.29, 1.82) is 0 Å². The van der Waals surface area contributed by atoms with E-state index in [2.05, 4.69) is 15.6 Å². The fourth-order valence-electron chi connectivity index (χ4n) is 3.29. The molecule has 1 aromatic carbocycles. The number of nitrogens with one attached hydrogen (secondary N) is 1. The van der Waals surface area contributed by atoms with Gasteiger partial charge in [-0.05, 0) is 12.6 Å². The number of ether oxygens (including phenoxy) is 1. The molecule has 1 fully saturated rings. The van der Waals surface area contributed by atoms with E-state index < -0.39 is 24.4 Å². The fourth-order valence-corrected chi connectivity index (χ4v) is 3.29. The summed E-state index contributed by atoms with van der Waals surface area (Å²) in [5.41, 5.74) is 1.79. The molecular formula is C19H27N5O4. The van der Waals surface area contributed by atoms with E-state index in [1.165, 1.54) is 0 Å². The predicted molar refractivity (Wildman–Crippen MR) is 101 cm³/mol. The van der Waals surface area contributed by atoms with Gasteiger partial charge in [-0.25, -0.2) is 4.68 Å². The summed E-state index contributed by atoms with van der Waals surface area (Å²) in [6, 6.07) is 9.66. The number of aliphatic hydroxyl groups is 2. The van der Waals surface area contributed by atoms with Crippen molar-refractivity contribution < 1.29 is 19.7 Å². The topological polar surface area (TPSA) is 113 Å². The zero-order valence-corrected chi connectivity index (χ0v) is 16.1. The van der Waals surface area contributed by atoms with Gasteiger partial charge < -0.3 is 25.2 Å². The number of rotatable bonds is 8. The Morgan fingerprint density at radius 3 is 2.68 bits per heavy atom. The van der Waals surface area contributed by atoms with Crippen LogP contribution in [0.2, 0.25) is 0 Å². The predicted octanol–water partition coefficient (Wildman–Crippen LogP) is -0.465. The highest BCUT2D eigenvalue weighted by Gasteiger charge is 2.43. The minimum absolute atomic E-state index is 0.000419. The van der Waals surface area contributed by atoms with Crippen molar-refractivity contribution in [3.8, 4) is 0 Å². The Morgan fingerprint density at radius 1 is 1.25 bits per heavy atom. The van der Waals surface area contributed by atoms with Gasteiger partial charge in [0.2, 0.25) is 5.91 Å². The highest BCUT2D eigenvalue weighted by molar-refractivity contribution is 5.76. The highest BCUT2D eigenvalue weighted by Crippen LogP contribution is 2.25. The van der Waals surface area contributed by atoms with Gasteiger partial charge in [-0.3, -0.25) is 4.79 Å². The van der Waals surface area contributed by atoms with Crippen molar-refractivity contribution in [2.75, 3.05) is 14.1 Å². The van der Waals surface area contributed by atoms with Crippen LogP contribution in [0.25, 0.3) is 0 Å². The van der Waals surface area contributed by atoms with E-state index in [9.17, 15) is 15.0 Å². The number of aliphatic hydroxyl groups excluding tert-OH is 2. The number of amides is 1. The van der Waals surface area contributed by atoms with Crippen LogP contribution in [0.3, 0.4) is 0 Å². The molecule has 0 radical (unpaired) electrons. The van der Waals surface area contributed by atoms with E-state index >= 15 is 0 Å². The molecule has 152 valence electrons. The molecule has 0 saturated carbocycles. The van der Waals surface area contributed by atoms with Gasteiger partial charge in [-0.2, -0.15) is 0 Å². The Bertz CT molecular complexity index is 769. The van der Waals surface area contributed by atoms with Gasteiger partial charge >= 0.3 is 0 Å². The Hall–Kier alpha value is -2.33. The minimum atomic E-state index is -1.13. The number of carbonyl (C=O) groups is 1. The maximum atomic E-state index is 12.5. The summed E-state index contributed by atoms with van der Waals surface area (Å²) in [5, 5.41) is 31.6. The molecule has 1 amide bonds. The molecule has 2 heterocycles. The van der Waals surface area contributed by atoms with Crippen molar-refractivity contribution in [2.24, 2.45) is 0 Å². The third-order valence-corrected chi connectivity index (χ3v) is 4.84. The van der Waals surface area contributed by atoms with Crippen LogP contribution in [0, 0.1) is 0 Å². The van der Waals surface area contributed by atoms with Gasteiger partial charge in [0.15, 0.2) is 0 Å². The molecule has 0 aliphatic carbocycles. The number of hydrogen-bond acceptors (Lipinski definition) is 7. The molecule has 9 heteroatoms. The monoisotopic (exact) mass is 389 g/mol. The number of nitrogens with zero attached hydrogens (tertiary/aromatic N) is 4. The third kappa shape index (κ3) is 4.93. The highest BCUT2D eigenvalue weighted by atomic mass is 16.5. The van der Waals surface area contributed by atoms with Crippen LogP contribution in [0.4, 0.5) is 0 Å². The zero-order chi connectivity index (χ0) is 20.1. The summed E-state index contributed by atoms with van der Waals surface area (Å²) in [6.07, 6.45) is -1.87. The summed E-state index contributed by atoms with van der Waals surface area (Å²) >= 11 is 0. The first-order chi connectivity index (χ1) is 13.5. The quantitative estimate of drug-likeness (QED) is 0.560. The van der Waals surface area contributed by atoms with Crippen molar-refractivity contribution in [3.05, 3.63) is 47.8 Å². The average molecular weight is 389 g/mol. The van der Waals surface area contributed by atoms with Gasteiger partial charge in [0.1, 0.15) is 18.3 Å². The fraction of sp³-hybridized carbons (Fsp3) is 0.526. The largest absolute Gasteiger partial charge is 0.388 e. The molecule has 1 aromatic heterocycles. The lowest BCUT2D eigenvalue weighted by molar-refractivity contribution is -0.134. The van der Waals surface area contributed by atoms with Crippen LogP contribution < -0.4 is 5.32 Å². The van der Waals surface area contributed by atoms with E-state index in [-0.39, 0.29) is 18.9 Å². The van der Waals surface area contributed by atoms with E-state index in [0.717, 1.165) is 11.3 Å². The number of aromatic nitrogens is 3. The molecular weight excluding hydrogens is 362 g/mol. The van der Waals surface area contributed by atoms with E-state index in [0.29, 0.717) is 13.1 Å². The Kier molecular flexibility index (Phi) is 6.74. The number of benzene rings is 1. The molecule has 28 heavy (non-hydrogen) atoms. The van der Waals surface area contributed by atoms with Crippen LogP contribution in [-0.2, 0) is 29.2 Å². The third-order valence-electron chi connectivity index (χ3n) is 4.84. The van der Waals surface area contributed by atoms with E-state index in [1.807, 2.05) is 37.4 Å². The Labute approximate surface area is 163 Å². The zero-order valence-electron chi connectivity index (χ0n) is 16.1. The van der Waals surface area contributed by atoms with Crippen molar-refractivity contribution in [1.82, 2.24) is 25.2 Å². The summed E-state index contributed by atoms with van der Waals surface area (Å²) < 4.78 is 7.35. The molecule has 3 N–H and O–H groups in total. The van der Waals surface area contributed by atoms with Gasteiger partial charge in [0.25, 0.3) is 0 Å². The second-order valence-electron chi connectivity index (χ2n) is 7.10. The van der Waals surface area contributed by atoms with Gasteiger partial charge in [0.05, 0.1) is 24.8 Å². The maximum absolute atomic E-state index is 12.5. The molecule has 0 bridgehead atoms. The number of carbonyl (C=O) groups excluding carboxylic acids is 1. The molecule has 3 rings (SSSR count). The maximum Gasteiger partial charge on any atom is 0.225 e. The average Bonchev–Trinajstić information content (AvgIpc) is 3.23. The van der Waals surface area contributed by atoms with Crippen LogP contribution in [0.1, 0.15) is 17.7 Å². The summed E-state index contributed by atoms with van der Waals surface area (Å²) in [5.74, 6) is -0.155. The Balaban J connectivity index is 1.54. The molecule has 9 nitrogen and oxygen atoms in total. The van der Waals surface area contributed by atoms with Crippen molar-refractivity contribution in [3.63, 3.8) is 0 Å². The lowest BCUT2D eigenvalue weighted by Crippen LogP contribution is -2.36. The molecule has 0 spiro atoms. The second-order valence-corrected chi connectivity index (χ2v) is 7.10. The first-order valence-corrected chi connectivity index (χ1v) is 9.31. The molecule has 1 aliphatic heterocycles. The smallest absolute Gasteiger partial charge is 0.225 e. The molecule has 4 atom stereocenters. The van der Waals surface area contributed by atoms with Crippen molar-refractivity contribution in [2.45, 2.75) is 50.5 Å². The van der Waals surface area contributed by atoms with E-state index in [1.54, 1.807) is 22.8 Å². The van der Waals surface area contributed by atoms with Crippen LogP contribution in [0.5, 0.6) is 0 Å². The normalized spacial score (nSPS) is 24.4. The van der Waals surface area contributed by atoms with E-state index in [4.69, 9.17) is 4.74 Å². The second kappa shape index (κ2) is 9.24. The van der Waals surface area contributed by atoms with Crippen LogP contribution in [0.15, 0.2) is 36.5 Å². The van der Waals surface area contributed by atoms with Gasteiger partial charge in [-0.1, -0.05) is 35.5 Å². The van der Waals surface area contributed by atoms with Gasteiger partial charge in [-0.15, -0.1) is 5.10 Å². The molecule has 1 aliphatic rings. The lowest BCUT2D eigenvalue weighted by atomic mass is 10.0.